The molecule has 6 heteroatoms. The van der Waals surface area contributed by atoms with Crippen LogP contribution in [0.25, 0.3) is 11.3 Å². The minimum Gasteiger partial charge on any atom is -0.350 e. The van der Waals surface area contributed by atoms with Crippen LogP contribution < -0.4 is 5.32 Å². The molecule has 0 bridgehead atoms. The molecule has 1 aromatic carbocycles. The van der Waals surface area contributed by atoms with Gasteiger partial charge in [-0.3, -0.25) is 4.79 Å². The average Bonchev–Trinajstić information content (AvgIpc) is 3.21. The van der Waals surface area contributed by atoms with E-state index in [4.69, 9.17) is 4.52 Å². The number of hydrogen-bond acceptors (Lipinski definition) is 5. The summed E-state index contributed by atoms with van der Waals surface area (Å²) in [6, 6.07) is 11.3. The van der Waals surface area contributed by atoms with E-state index in [1.165, 1.54) is 0 Å². The van der Waals surface area contributed by atoms with E-state index in [1.807, 2.05) is 42.6 Å². The second kappa shape index (κ2) is 7.19. The number of nitrogens with zero attached hydrogens (tertiary/aromatic N) is 2. The minimum absolute atomic E-state index is 0.231. The molecule has 3 aromatic rings. The van der Waals surface area contributed by atoms with Crippen molar-refractivity contribution >= 4 is 17.2 Å². The lowest BCUT2D eigenvalue weighted by atomic mass is 10.1. The van der Waals surface area contributed by atoms with Gasteiger partial charge in [0.05, 0.1) is 5.01 Å². The Morgan fingerprint density at radius 3 is 2.87 bits per heavy atom. The van der Waals surface area contributed by atoms with Crippen LogP contribution in [0.1, 0.15) is 27.7 Å². The van der Waals surface area contributed by atoms with Crippen molar-refractivity contribution in [1.29, 1.82) is 0 Å². The fourth-order valence-corrected chi connectivity index (χ4v) is 2.99. The van der Waals surface area contributed by atoms with Gasteiger partial charge in [-0.1, -0.05) is 35.5 Å². The van der Waals surface area contributed by atoms with Crippen LogP contribution in [0, 0.1) is 6.92 Å². The van der Waals surface area contributed by atoms with Crippen LogP contribution >= 0.6 is 11.3 Å². The number of carbonyl (C=O) groups excluding carboxylic acids is 1. The van der Waals surface area contributed by atoms with Gasteiger partial charge in [0, 0.05) is 35.7 Å². The number of hydrogen-bond donors (Lipinski definition) is 1. The normalized spacial score (nSPS) is 10.7. The Labute approximate surface area is 138 Å². The molecular formula is C17H17N3O2S. The summed E-state index contributed by atoms with van der Waals surface area (Å²) in [5.41, 5.74) is 2.63. The maximum Gasteiger partial charge on any atom is 0.289 e. The molecule has 0 radical (unpaired) electrons. The highest BCUT2D eigenvalue weighted by molar-refractivity contribution is 7.09. The Balaban J connectivity index is 1.50. The quantitative estimate of drug-likeness (QED) is 0.704. The van der Waals surface area contributed by atoms with Crippen molar-refractivity contribution in [3.63, 3.8) is 0 Å². The van der Waals surface area contributed by atoms with Crippen molar-refractivity contribution in [2.45, 2.75) is 19.8 Å². The predicted molar refractivity (Wildman–Crippen MR) is 89.4 cm³/mol. The monoisotopic (exact) mass is 327 g/mol. The molecule has 0 atom stereocenters. The highest BCUT2D eigenvalue weighted by Gasteiger charge is 2.13. The van der Waals surface area contributed by atoms with E-state index in [2.05, 4.69) is 15.5 Å². The van der Waals surface area contributed by atoms with E-state index in [-0.39, 0.29) is 11.7 Å². The van der Waals surface area contributed by atoms with Gasteiger partial charge >= 0.3 is 0 Å². The summed E-state index contributed by atoms with van der Waals surface area (Å²) in [5, 5.41) is 9.92. The first-order valence-corrected chi connectivity index (χ1v) is 8.31. The topological polar surface area (TPSA) is 68.0 Å². The largest absolute Gasteiger partial charge is 0.350 e. The molecule has 1 N–H and O–H groups in total. The molecule has 2 heterocycles. The second-order valence-electron chi connectivity index (χ2n) is 5.18. The minimum atomic E-state index is -0.241. The molecule has 0 spiro atoms. The number of amides is 1. The molecule has 0 aliphatic heterocycles. The molecule has 0 fully saturated rings. The molecule has 0 saturated heterocycles. The van der Waals surface area contributed by atoms with Crippen LogP contribution in [-0.2, 0) is 6.42 Å². The maximum atomic E-state index is 12.0. The number of rotatable bonds is 6. The Bertz CT molecular complexity index is 780. The third kappa shape index (κ3) is 4.04. The van der Waals surface area contributed by atoms with Crippen molar-refractivity contribution in [3.05, 3.63) is 58.2 Å². The first-order valence-electron chi connectivity index (χ1n) is 7.44. The zero-order valence-corrected chi connectivity index (χ0v) is 13.6. The highest BCUT2D eigenvalue weighted by Crippen LogP contribution is 2.18. The van der Waals surface area contributed by atoms with Crippen LogP contribution in [0.4, 0.5) is 0 Å². The molecule has 2 aromatic heterocycles. The van der Waals surface area contributed by atoms with E-state index in [9.17, 15) is 4.79 Å². The van der Waals surface area contributed by atoms with Gasteiger partial charge in [-0.2, -0.15) is 0 Å². The van der Waals surface area contributed by atoms with Gasteiger partial charge in [0.2, 0.25) is 5.76 Å². The summed E-state index contributed by atoms with van der Waals surface area (Å²) in [4.78, 5) is 16.4. The van der Waals surface area contributed by atoms with Gasteiger partial charge in [-0.25, -0.2) is 4.98 Å². The van der Waals surface area contributed by atoms with Crippen molar-refractivity contribution in [1.82, 2.24) is 15.5 Å². The number of aromatic nitrogens is 2. The molecular weight excluding hydrogens is 310 g/mol. The lowest BCUT2D eigenvalue weighted by molar-refractivity contribution is 0.0916. The zero-order valence-electron chi connectivity index (χ0n) is 12.8. The third-order valence-electron chi connectivity index (χ3n) is 3.32. The van der Waals surface area contributed by atoms with Crippen LogP contribution in [0.15, 0.2) is 46.3 Å². The van der Waals surface area contributed by atoms with E-state index >= 15 is 0 Å². The second-order valence-corrected chi connectivity index (χ2v) is 6.13. The molecule has 3 rings (SSSR count). The number of carbonyl (C=O) groups is 1. The average molecular weight is 327 g/mol. The molecule has 0 aliphatic carbocycles. The maximum absolute atomic E-state index is 12.0. The van der Waals surface area contributed by atoms with Gasteiger partial charge in [-0.05, 0) is 13.3 Å². The summed E-state index contributed by atoms with van der Waals surface area (Å²) in [6.45, 7) is 2.56. The summed E-state index contributed by atoms with van der Waals surface area (Å²) >= 11 is 1.65. The van der Waals surface area contributed by atoms with Crippen LogP contribution in [0.3, 0.4) is 0 Å². The van der Waals surface area contributed by atoms with Gasteiger partial charge in [0.15, 0.2) is 0 Å². The lowest BCUT2D eigenvalue weighted by Crippen LogP contribution is -2.24. The van der Waals surface area contributed by atoms with E-state index < -0.39 is 0 Å². The number of benzene rings is 1. The highest BCUT2D eigenvalue weighted by atomic mass is 32.1. The molecule has 0 saturated carbocycles. The standard InChI is InChI=1S/C17H17N3O2S/c1-12-11-23-16(19-12)8-5-9-18-17(21)15-10-14(20-22-15)13-6-3-2-4-7-13/h2-4,6-7,10-11H,5,8-9H2,1H3,(H,18,21). The Morgan fingerprint density at radius 2 is 2.13 bits per heavy atom. The van der Waals surface area contributed by atoms with E-state index in [1.54, 1.807) is 17.4 Å². The first-order chi connectivity index (χ1) is 11.2. The van der Waals surface area contributed by atoms with Crippen LogP contribution in [-0.4, -0.2) is 22.6 Å². The van der Waals surface area contributed by atoms with Gasteiger partial charge in [0.1, 0.15) is 5.69 Å². The molecule has 0 unspecified atom stereocenters. The lowest BCUT2D eigenvalue weighted by Gasteiger charge is -2.00. The number of nitrogens with one attached hydrogen (secondary N) is 1. The van der Waals surface area contributed by atoms with Crippen molar-refractivity contribution < 1.29 is 9.32 Å². The SMILES string of the molecule is Cc1csc(CCCNC(=O)c2cc(-c3ccccc3)no2)n1. The van der Waals surface area contributed by atoms with Crippen LogP contribution in [0.5, 0.6) is 0 Å². The van der Waals surface area contributed by atoms with Gasteiger partial charge in [-0.15, -0.1) is 11.3 Å². The molecule has 118 valence electrons. The van der Waals surface area contributed by atoms with Gasteiger partial charge in [0.25, 0.3) is 5.91 Å². The number of thiazole rings is 1. The van der Waals surface area contributed by atoms with E-state index in [0.29, 0.717) is 12.2 Å². The van der Waals surface area contributed by atoms with Crippen molar-refractivity contribution in [2.24, 2.45) is 0 Å². The summed E-state index contributed by atoms with van der Waals surface area (Å²) in [5.74, 6) is -0.0102. The summed E-state index contributed by atoms with van der Waals surface area (Å²) < 4.78 is 5.13. The van der Waals surface area contributed by atoms with Crippen LogP contribution in [0.2, 0.25) is 0 Å². The first kappa shape index (κ1) is 15.4. The summed E-state index contributed by atoms with van der Waals surface area (Å²) in [7, 11) is 0. The van der Waals surface area contributed by atoms with Gasteiger partial charge < -0.3 is 9.84 Å². The van der Waals surface area contributed by atoms with Crippen molar-refractivity contribution in [2.75, 3.05) is 6.54 Å². The molecule has 0 aliphatic rings. The van der Waals surface area contributed by atoms with E-state index in [0.717, 1.165) is 29.1 Å². The Hall–Kier alpha value is -2.47. The molecule has 5 nitrogen and oxygen atoms in total. The number of aryl methyl sites for hydroxylation is 2. The molecule has 23 heavy (non-hydrogen) atoms. The smallest absolute Gasteiger partial charge is 0.289 e. The van der Waals surface area contributed by atoms with Crippen molar-refractivity contribution in [3.8, 4) is 11.3 Å². The fraction of sp³-hybridized carbons (Fsp3) is 0.235. The third-order valence-corrected chi connectivity index (χ3v) is 4.35. The zero-order chi connectivity index (χ0) is 16.1. The molecule has 1 amide bonds. The predicted octanol–water partition coefficient (Wildman–Crippen LogP) is 3.47. The fourth-order valence-electron chi connectivity index (χ4n) is 2.17. The summed E-state index contributed by atoms with van der Waals surface area (Å²) in [6.07, 6.45) is 1.71. The Kier molecular flexibility index (Phi) is 4.83. The Morgan fingerprint density at radius 1 is 1.30 bits per heavy atom.